The number of aryl methyl sites for hydroxylation is 1. The van der Waals surface area contributed by atoms with Crippen LogP contribution in [0.15, 0.2) is 42.3 Å². The topological polar surface area (TPSA) is 98.7 Å². The van der Waals surface area contributed by atoms with Gasteiger partial charge in [0.25, 0.3) is 0 Å². The quantitative estimate of drug-likeness (QED) is 0.595. The average Bonchev–Trinajstić information content (AvgIpc) is 3.49. The SMILES string of the molecule is C=CC(=O)Nc1cnn(C)c1C1NNC2=C1C(OC)CC1(C2)OCc2ccc(OC)c(F)c21. The van der Waals surface area contributed by atoms with Crippen molar-refractivity contribution in [3.63, 3.8) is 0 Å². The maximum Gasteiger partial charge on any atom is 0.247 e. The number of hydrazine groups is 1. The molecule has 3 atom stereocenters. The van der Waals surface area contributed by atoms with Crippen LogP contribution >= 0.6 is 0 Å². The van der Waals surface area contributed by atoms with Crippen LogP contribution in [0.1, 0.15) is 35.7 Å². The van der Waals surface area contributed by atoms with Crippen molar-refractivity contribution in [3.05, 3.63) is 64.9 Å². The summed E-state index contributed by atoms with van der Waals surface area (Å²) in [6, 6.07) is 3.17. The summed E-state index contributed by atoms with van der Waals surface area (Å²) in [5.74, 6) is -0.522. The number of halogens is 1. The molecule has 3 unspecified atom stereocenters. The monoisotopic (exact) mass is 455 g/mol. The molecule has 3 aliphatic rings. The molecule has 2 aromatic rings. The Morgan fingerprint density at radius 1 is 1.45 bits per heavy atom. The van der Waals surface area contributed by atoms with Crippen molar-refractivity contribution in [2.24, 2.45) is 7.05 Å². The summed E-state index contributed by atoms with van der Waals surface area (Å²) in [7, 11) is 4.89. The van der Waals surface area contributed by atoms with Crippen LogP contribution in [0.5, 0.6) is 5.75 Å². The molecule has 1 aromatic heterocycles. The van der Waals surface area contributed by atoms with Gasteiger partial charge in [0.2, 0.25) is 5.91 Å². The van der Waals surface area contributed by atoms with Crippen LogP contribution in [0.4, 0.5) is 10.1 Å². The molecule has 2 aliphatic heterocycles. The zero-order valence-corrected chi connectivity index (χ0v) is 18.7. The third-order valence-electron chi connectivity index (χ3n) is 6.71. The minimum absolute atomic E-state index is 0.195. The Morgan fingerprint density at radius 2 is 2.27 bits per heavy atom. The van der Waals surface area contributed by atoms with Crippen molar-refractivity contribution in [2.45, 2.75) is 37.2 Å². The predicted molar refractivity (Wildman–Crippen MR) is 118 cm³/mol. The summed E-state index contributed by atoms with van der Waals surface area (Å²) in [5.41, 5.74) is 10.2. The van der Waals surface area contributed by atoms with Gasteiger partial charge in [-0.05, 0) is 17.7 Å². The van der Waals surface area contributed by atoms with Gasteiger partial charge in [0.1, 0.15) is 5.60 Å². The summed E-state index contributed by atoms with van der Waals surface area (Å²) >= 11 is 0. The summed E-state index contributed by atoms with van der Waals surface area (Å²) in [6.45, 7) is 3.84. The number of nitrogens with one attached hydrogen (secondary N) is 3. The maximum atomic E-state index is 15.4. The van der Waals surface area contributed by atoms with Gasteiger partial charge in [0, 0.05) is 43.8 Å². The molecule has 1 aliphatic carbocycles. The minimum Gasteiger partial charge on any atom is -0.494 e. The fraction of sp³-hybridized carbons (Fsp3) is 0.391. The van der Waals surface area contributed by atoms with Gasteiger partial charge in [-0.3, -0.25) is 9.48 Å². The van der Waals surface area contributed by atoms with E-state index >= 15 is 4.39 Å². The lowest BCUT2D eigenvalue weighted by Gasteiger charge is -2.39. The number of ether oxygens (including phenoxy) is 3. The Balaban J connectivity index is 1.56. The first-order chi connectivity index (χ1) is 15.9. The number of fused-ring (bicyclic) bond motifs is 2. The molecule has 0 radical (unpaired) electrons. The predicted octanol–water partition coefficient (Wildman–Crippen LogP) is 2.33. The molecule has 1 spiro atoms. The van der Waals surface area contributed by atoms with E-state index in [1.54, 1.807) is 24.1 Å². The number of benzene rings is 1. The Hall–Kier alpha value is -3.21. The number of aromatic nitrogens is 2. The Kier molecular flexibility index (Phi) is 5.23. The first-order valence-corrected chi connectivity index (χ1v) is 10.6. The number of rotatable bonds is 5. The molecule has 1 aromatic carbocycles. The first-order valence-electron chi connectivity index (χ1n) is 10.6. The van der Waals surface area contributed by atoms with Crippen LogP contribution in [0.25, 0.3) is 0 Å². The van der Waals surface area contributed by atoms with Crippen molar-refractivity contribution in [3.8, 4) is 5.75 Å². The lowest BCUT2D eigenvalue weighted by molar-refractivity contribution is -0.111. The number of hydrogen-bond donors (Lipinski definition) is 3. The van der Waals surface area contributed by atoms with Gasteiger partial charge < -0.3 is 25.0 Å². The van der Waals surface area contributed by atoms with Crippen molar-refractivity contribution >= 4 is 11.6 Å². The van der Waals surface area contributed by atoms with E-state index in [4.69, 9.17) is 14.2 Å². The smallest absolute Gasteiger partial charge is 0.247 e. The Labute approximate surface area is 190 Å². The highest BCUT2D eigenvalue weighted by Gasteiger charge is 2.52. The third-order valence-corrected chi connectivity index (χ3v) is 6.71. The molecule has 3 heterocycles. The zero-order valence-electron chi connectivity index (χ0n) is 18.7. The van der Waals surface area contributed by atoms with E-state index in [1.165, 1.54) is 13.2 Å². The van der Waals surface area contributed by atoms with E-state index in [-0.39, 0.29) is 23.8 Å². The van der Waals surface area contributed by atoms with E-state index in [9.17, 15) is 4.79 Å². The van der Waals surface area contributed by atoms with Crippen molar-refractivity contribution in [1.29, 1.82) is 0 Å². The maximum absolute atomic E-state index is 15.4. The lowest BCUT2D eigenvalue weighted by atomic mass is 9.75. The second kappa shape index (κ2) is 7.98. The molecule has 33 heavy (non-hydrogen) atoms. The highest BCUT2D eigenvalue weighted by Crippen LogP contribution is 2.53. The number of nitrogens with zero attached hydrogens (tertiary/aromatic N) is 2. The molecule has 0 saturated carbocycles. The summed E-state index contributed by atoms with van der Waals surface area (Å²) in [5, 5.41) is 7.13. The molecule has 3 N–H and O–H groups in total. The molecule has 0 fully saturated rings. The second-order valence-corrected chi connectivity index (χ2v) is 8.40. The van der Waals surface area contributed by atoms with Crippen molar-refractivity contribution in [2.75, 3.05) is 19.5 Å². The van der Waals surface area contributed by atoms with Crippen molar-refractivity contribution < 1.29 is 23.4 Å². The number of carbonyl (C=O) groups excluding carboxylic acids is 1. The van der Waals surface area contributed by atoms with Crippen LogP contribution in [-0.2, 0) is 33.5 Å². The summed E-state index contributed by atoms with van der Waals surface area (Å²) < 4.78 is 34.5. The van der Waals surface area contributed by atoms with Gasteiger partial charge in [0.05, 0.1) is 43.4 Å². The molecule has 174 valence electrons. The van der Waals surface area contributed by atoms with E-state index in [0.717, 1.165) is 22.5 Å². The van der Waals surface area contributed by atoms with E-state index < -0.39 is 11.4 Å². The average molecular weight is 455 g/mol. The van der Waals surface area contributed by atoms with Gasteiger partial charge in [-0.1, -0.05) is 12.6 Å². The van der Waals surface area contributed by atoms with E-state index in [0.29, 0.717) is 30.7 Å². The van der Waals surface area contributed by atoms with Crippen molar-refractivity contribution in [1.82, 2.24) is 20.6 Å². The molecular formula is C23H26FN5O4. The fourth-order valence-corrected chi connectivity index (χ4v) is 5.23. The zero-order chi connectivity index (χ0) is 23.3. The Bertz CT molecular complexity index is 1180. The number of amides is 1. The molecule has 1 amide bonds. The first kappa shape index (κ1) is 21.6. The molecule has 10 heteroatoms. The standard InChI is InChI=1S/C23H26FN5O4/c1-5-17(30)26-14-10-25-29(2)22(14)21-18-13(27-28-21)8-23(9-16(18)32-4)19-12(11-33-23)6-7-15(31-3)20(19)24/h5-7,10,16,21,27-28H,1,8-9,11H2,2-4H3,(H,26,30). The molecule has 0 saturated heterocycles. The van der Waals surface area contributed by atoms with Gasteiger partial charge in [-0.25, -0.2) is 9.82 Å². The van der Waals surface area contributed by atoms with Gasteiger partial charge in [-0.15, -0.1) is 0 Å². The highest BCUT2D eigenvalue weighted by atomic mass is 19.1. The number of hydrogen-bond acceptors (Lipinski definition) is 7. The van der Waals surface area contributed by atoms with Crippen LogP contribution in [0, 0.1) is 5.82 Å². The highest BCUT2D eigenvalue weighted by molar-refractivity contribution is 5.99. The minimum atomic E-state index is -0.872. The summed E-state index contributed by atoms with van der Waals surface area (Å²) in [4.78, 5) is 11.9. The van der Waals surface area contributed by atoms with E-state index in [2.05, 4.69) is 27.8 Å². The number of anilines is 1. The number of carbonyl (C=O) groups is 1. The van der Waals surface area contributed by atoms with Gasteiger partial charge in [-0.2, -0.15) is 5.10 Å². The molecule has 9 nitrogen and oxygen atoms in total. The normalized spacial score (nSPS) is 25.6. The van der Waals surface area contributed by atoms with Gasteiger partial charge in [0.15, 0.2) is 11.6 Å². The van der Waals surface area contributed by atoms with Crippen LogP contribution in [-0.4, -0.2) is 36.0 Å². The fourth-order valence-electron chi connectivity index (χ4n) is 5.23. The largest absolute Gasteiger partial charge is 0.494 e. The molecular weight excluding hydrogens is 429 g/mol. The summed E-state index contributed by atoms with van der Waals surface area (Å²) in [6.07, 6.45) is 3.32. The van der Waals surface area contributed by atoms with E-state index in [1.807, 2.05) is 13.1 Å². The molecule has 0 bridgehead atoms. The second-order valence-electron chi connectivity index (χ2n) is 8.40. The van der Waals surface area contributed by atoms with Crippen LogP contribution in [0.2, 0.25) is 0 Å². The van der Waals surface area contributed by atoms with Crippen LogP contribution < -0.4 is 20.9 Å². The Morgan fingerprint density at radius 3 is 3.00 bits per heavy atom. The molecule has 5 rings (SSSR count). The van der Waals surface area contributed by atoms with Gasteiger partial charge >= 0.3 is 0 Å². The van der Waals surface area contributed by atoms with Crippen LogP contribution in [0.3, 0.4) is 0 Å². The lowest BCUT2D eigenvalue weighted by Crippen LogP contribution is -2.39. The number of methoxy groups -OCH3 is 2. The third kappa shape index (κ3) is 3.25.